The van der Waals surface area contributed by atoms with Gasteiger partial charge in [0.15, 0.2) is 0 Å². The van der Waals surface area contributed by atoms with Gasteiger partial charge in [-0.1, -0.05) is 78.9 Å². The van der Waals surface area contributed by atoms with Crippen molar-refractivity contribution in [1.29, 1.82) is 0 Å². The molecule has 0 aliphatic carbocycles. The third-order valence-corrected chi connectivity index (χ3v) is 6.34. The summed E-state index contributed by atoms with van der Waals surface area (Å²) >= 11 is 0. The number of methoxy groups -OCH3 is 1. The van der Waals surface area contributed by atoms with Gasteiger partial charge in [0, 0.05) is 6.42 Å². The van der Waals surface area contributed by atoms with Crippen LogP contribution in [0, 0.1) is 0 Å². The van der Waals surface area contributed by atoms with Crippen LogP contribution in [0.25, 0.3) is 21.5 Å². The lowest BCUT2D eigenvalue weighted by Gasteiger charge is -2.24. The van der Waals surface area contributed by atoms with Gasteiger partial charge in [-0.25, -0.2) is 9.59 Å². The number of carbonyl (C=O) groups is 3. The number of rotatable bonds is 9. The Kier molecular flexibility index (Phi) is 8.55. The Morgan fingerprint density at radius 1 is 0.842 bits per heavy atom. The lowest BCUT2D eigenvalue weighted by Crippen LogP contribution is -2.56. The maximum absolute atomic E-state index is 13.2. The van der Waals surface area contributed by atoms with E-state index in [0.717, 1.165) is 32.7 Å². The number of aliphatic hydroxyl groups is 1. The largest absolute Gasteiger partial charge is 0.467 e. The summed E-state index contributed by atoms with van der Waals surface area (Å²) in [7, 11) is 1.24. The number of ether oxygens (including phenoxy) is 2. The quantitative estimate of drug-likeness (QED) is 0.231. The Hall–Kier alpha value is -4.43. The third-order valence-electron chi connectivity index (χ3n) is 6.34. The van der Waals surface area contributed by atoms with E-state index in [0.29, 0.717) is 0 Å². The van der Waals surface area contributed by atoms with Gasteiger partial charge in [-0.3, -0.25) is 4.79 Å². The molecule has 196 valence electrons. The van der Waals surface area contributed by atoms with Crippen molar-refractivity contribution in [3.63, 3.8) is 0 Å². The summed E-state index contributed by atoms with van der Waals surface area (Å²) in [4.78, 5) is 38.4. The maximum Gasteiger partial charge on any atom is 0.408 e. The van der Waals surface area contributed by atoms with Crippen LogP contribution in [0.15, 0.2) is 84.9 Å². The molecular formula is C30H30N2O6. The molecule has 4 aromatic carbocycles. The second-order valence-electron chi connectivity index (χ2n) is 9.01. The summed E-state index contributed by atoms with van der Waals surface area (Å²) in [6.07, 6.45) is -1.98. The van der Waals surface area contributed by atoms with Gasteiger partial charge in [-0.05, 0) is 45.7 Å². The van der Waals surface area contributed by atoms with Crippen molar-refractivity contribution in [3.05, 3.63) is 96.1 Å². The van der Waals surface area contributed by atoms with E-state index >= 15 is 0 Å². The standard InChI is InChI=1S/C30H30N2O6/c1-19(33)27(32-30(36)38-18-20-10-4-3-5-11-20)28(34)31-26(29(35)37-2)17-25-23-14-8-6-12-21(23)16-22-13-7-9-15-24(22)25/h3-16,19,26-27,33H,17-18H2,1-2H3,(H,31,34)(H,32,36)/t19-,26-,27+/m1/s1. The van der Waals surface area contributed by atoms with Crippen LogP contribution in [-0.2, 0) is 32.1 Å². The molecule has 0 fully saturated rings. The summed E-state index contributed by atoms with van der Waals surface area (Å²) in [6.45, 7) is 1.37. The minimum Gasteiger partial charge on any atom is -0.467 e. The molecule has 0 radical (unpaired) electrons. The fraction of sp³-hybridized carbons (Fsp3) is 0.233. The van der Waals surface area contributed by atoms with Crippen molar-refractivity contribution in [2.24, 2.45) is 0 Å². The number of benzene rings is 4. The summed E-state index contributed by atoms with van der Waals surface area (Å²) in [6, 6.07) is 24.4. The predicted molar refractivity (Wildman–Crippen MR) is 144 cm³/mol. The first-order valence-electron chi connectivity index (χ1n) is 12.3. The molecule has 8 nitrogen and oxygen atoms in total. The van der Waals surface area contributed by atoms with Crippen LogP contribution in [-0.4, -0.2) is 48.4 Å². The molecule has 0 heterocycles. The summed E-state index contributed by atoms with van der Waals surface area (Å²) in [5, 5.41) is 19.2. The van der Waals surface area contributed by atoms with Gasteiger partial charge >= 0.3 is 12.1 Å². The fourth-order valence-electron chi connectivity index (χ4n) is 4.43. The average molecular weight is 515 g/mol. The fourth-order valence-corrected chi connectivity index (χ4v) is 4.43. The second kappa shape index (κ2) is 12.2. The zero-order valence-electron chi connectivity index (χ0n) is 21.2. The highest BCUT2D eigenvalue weighted by atomic mass is 16.5. The highest BCUT2D eigenvalue weighted by molar-refractivity contribution is 6.03. The Balaban J connectivity index is 1.55. The molecule has 0 aliphatic rings. The Morgan fingerprint density at radius 3 is 2.00 bits per heavy atom. The van der Waals surface area contributed by atoms with Crippen LogP contribution < -0.4 is 10.6 Å². The molecule has 2 amide bonds. The predicted octanol–water partition coefficient (Wildman–Crippen LogP) is 3.87. The molecule has 8 heteroatoms. The van der Waals surface area contributed by atoms with Crippen molar-refractivity contribution in [3.8, 4) is 0 Å². The normalized spacial score (nSPS) is 13.3. The molecule has 0 saturated heterocycles. The van der Waals surface area contributed by atoms with E-state index in [1.807, 2.05) is 66.7 Å². The molecule has 4 rings (SSSR count). The number of alkyl carbamates (subject to hydrolysis) is 1. The van der Waals surface area contributed by atoms with E-state index < -0.39 is 36.2 Å². The molecule has 4 aromatic rings. The lowest BCUT2D eigenvalue weighted by molar-refractivity contribution is -0.145. The molecule has 0 spiro atoms. The molecular weight excluding hydrogens is 484 g/mol. The van der Waals surface area contributed by atoms with Crippen LogP contribution in [0.3, 0.4) is 0 Å². The number of esters is 1. The minimum atomic E-state index is -1.35. The smallest absolute Gasteiger partial charge is 0.408 e. The Labute approximate surface area is 220 Å². The second-order valence-corrected chi connectivity index (χ2v) is 9.01. The summed E-state index contributed by atoms with van der Waals surface area (Å²) < 4.78 is 10.2. The minimum absolute atomic E-state index is 0.000235. The van der Waals surface area contributed by atoms with Gasteiger partial charge < -0.3 is 25.2 Å². The van der Waals surface area contributed by atoms with E-state index in [9.17, 15) is 19.5 Å². The maximum atomic E-state index is 13.2. The van der Waals surface area contributed by atoms with Crippen molar-refractivity contribution >= 4 is 39.5 Å². The number of carbonyl (C=O) groups excluding carboxylic acids is 3. The van der Waals surface area contributed by atoms with E-state index in [1.165, 1.54) is 14.0 Å². The number of nitrogens with one attached hydrogen (secondary N) is 2. The summed E-state index contributed by atoms with van der Waals surface area (Å²) in [5.41, 5.74) is 1.65. The Bertz CT molecular complexity index is 1380. The molecule has 3 atom stereocenters. The van der Waals surface area contributed by atoms with Crippen molar-refractivity contribution in [2.45, 2.75) is 38.1 Å². The van der Waals surface area contributed by atoms with Crippen molar-refractivity contribution in [2.75, 3.05) is 7.11 Å². The van der Waals surface area contributed by atoms with Gasteiger partial charge in [0.1, 0.15) is 18.7 Å². The van der Waals surface area contributed by atoms with Crippen LogP contribution in [0.1, 0.15) is 18.1 Å². The van der Waals surface area contributed by atoms with Gasteiger partial charge in [0.25, 0.3) is 0 Å². The van der Waals surface area contributed by atoms with Gasteiger partial charge in [0.2, 0.25) is 5.91 Å². The zero-order valence-corrected chi connectivity index (χ0v) is 21.2. The van der Waals surface area contributed by atoms with Gasteiger partial charge in [-0.2, -0.15) is 0 Å². The van der Waals surface area contributed by atoms with E-state index in [4.69, 9.17) is 9.47 Å². The zero-order chi connectivity index (χ0) is 27.1. The van der Waals surface area contributed by atoms with Crippen LogP contribution in [0.4, 0.5) is 4.79 Å². The number of aliphatic hydroxyl groups excluding tert-OH is 1. The first-order valence-corrected chi connectivity index (χ1v) is 12.3. The summed E-state index contributed by atoms with van der Waals surface area (Å²) in [5.74, 6) is -1.39. The van der Waals surface area contributed by atoms with E-state index in [-0.39, 0.29) is 13.0 Å². The SMILES string of the molecule is COC(=O)[C@@H](Cc1c2ccccc2cc2ccccc12)NC(=O)[C@@H](NC(=O)OCc1ccccc1)[C@@H](C)O. The van der Waals surface area contributed by atoms with Gasteiger partial charge in [-0.15, -0.1) is 0 Å². The monoisotopic (exact) mass is 514 g/mol. The first-order chi connectivity index (χ1) is 18.4. The molecule has 0 bridgehead atoms. The van der Waals surface area contributed by atoms with Crippen LogP contribution >= 0.6 is 0 Å². The number of amides is 2. The number of fused-ring (bicyclic) bond motifs is 2. The molecule has 0 aliphatic heterocycles. The molecule has 3 N–H and O–H groups in total. The van der Waals surface area contributed by atoms with E-state index in [2.05, 4.69) is 16.7 Å². The highest BCUT2D eigenvalue weighted by Crippen LogP contribution is 2.29. The molecule has 0 unspecified atom stereocenters. The average Bonchev–Trinajstić information content (AvgIpc) is 2.94. The van der Waals surface area contributed by atoms with Crippen LogP contribution in [0.2, 0.25) is 0 Å². The molecule has 0 aromatic heterocycles. The molecule has 38 heavy (non-hydrogen) atoms. The first kappa shape index (κ1) is 26.6. The van der Waals surface area contributed by atoms with Gasteiger partial charge in [0.05, 0.1) is 13.2 Å². The highest BCUT2D eigenvalue weighted by Gasteiger charge is 2.31. The van der Waals surface area contributed by atoms with Crippen molar-refractivity contribution < 1.29 is 29.0 Å². The Morgan fingerprint density at radius 2 is 1.42 bits per heavy atom. The molecule has 0 saturated carbocycles. The van der Waals surface area contributed by atoms with Crippen molar-refractivity contribution in [1.82, 2.24) is 10.6 Å². The topological polar surface area (TPSA) is 114 Å². The van der Waals surface area contributed by atoms with Crippen LogP contribution in [0.5, 0.6) is 0 Å². The lowest BCUT2D eigenvalue weighted by atomic mass is 9.92. The third kappa shape index (κ3) is 6.27. The van der Waals surface area contributed by atoms with E-state index in [1.54, 1.807) is 12.1 Å². The number of hydrogen-bond donors (Lipinski definition) is 3. The number of hydrogen-bond acceptors (Lipinski definition) is 6.